The summed E-state index contributed by atoms with van der Waals surface area (Å²) in [5.41, 5.74) is 1.45. The van der Waals surface area contributed by atoms with Gasteiger partial charge in [-0.3, -0.25) is 4.79 Å². The van der Waals surface area contributed by atoms with Crippen LogP contribution in [0.2, 0.25) is 0 Å². The van der Waals surface area contributed by atoms with Gasteiger partial charge in [0.25, 0.3) is 0 Å². The average Bonchev–Trinajstić information content (AvgIpc) is 3.09. The number of methoxy groups -OCH3 is 1. The Bertz CT molecular complexity index is 921. The molecule has 1 N–H and O–H groups in total. The maximum Gasteiger partial charge on any atom is 0.243 e. The zero-order valence-electron chi connectivity index (χ0n) is 15.0. The molecule has 1 aliphatic heterocycles. The van der Waals surface area contributed by atoms with Crippen LogP contribution in [-0.2, 0) is 21.2 Å². The number of hydrogen-bond donors (Lipinski definition) is 1. The van der Waals surface area contributed by atoms with Crippen LogP contribution >= 0.6 is 11.3 Å². The first-order chi connectivity index (χ1) is 12.4. The molecule has 1 aromatic carbocycles. The minimum absolute atomic E-state index is 0.152. The summed E-state index contributed by atoms with van der Waals surface area (Å²) in [5.74, 6) is 0.134. The molecule has 0 unspecified atom stereocenters. The molecule has 0 radical (unpaired) electrons. The molecule has 0 saturated carbocycles. The molecule has 140 valence electrons. The van der Waals surface area contributed by atoms with Crippen LogP contribution in [0.1, 0.15) is 36.8 Å². The van der Waals surface area contributed by atoms with Crippen LogP contribution in [0.5, 0.6) is 5.75 Å². The molecule has 6 nitrogen and oxygen atoms in total. The maximum atomic E-state index is 13.3. The minimum atomic E-state index is -3.70. The number of hydrogen-bond acceptors (Lipinski definition) is 5. The highest BCUT2D eigenvalue weighted by Gasteiger charge is 2.36. The number of fused-ring (bicyclic) bond motifs is 1. The molecule has 3 rings (SSSR count). The van der Waals surface area contributed by atoms with Gasteiger partial charge in [0.05, 0.1) is 23.7 Å². The largest absolute Gasteiger partial charge is 0.495 e. The van der Waals surface area contributed by atoms with E-state index in [4.69, 9.17) is 4.74 Å². The van der Waals surface area contributed by atoms with Gasteiger partial charge >= 0.3 is 0 Å². The zero-order chi connectivity index (χ0) is 18.9. The van der Waals surface area contributed by atoms with Crippen molar-refractivity contribution in [2.45, 2.75) is 37.6 Å². The van der Waals surface area contributed by atoms with Gasteiger partial charge in [-0.25, -0.2) is 8.42 Å². The lowest BCUT2D eigenvalue weighted by molar-refractivity contribution is -0.114. The number of anilines is 1. The predicted molar refractivity (Wildman–Crippen MR) is 102 cm³/mol. The Morgan fingerprint density at radius 3 is 2.81 bits per heavy atom. The van der Waals surface area contributed by atoms with E-state index in [-0.39, 0.29) is 16.8 Å². The Morgan fingerprint density at radius 1 is 1.38 bits per heavy atom. The fourth-order valence-electron chi connectivity index (χ4n) is 3.35. The van der Waals surface area contributed by atoms with E-state index in [0.29, 0.717) is 24.4 Å². The number of nitrogens with zero attached hydrogens (tertiary/aromatic N) is 1. The molecule has 1 aromatic heterocycles. The third-order valence-electron chi connectivity index (χ3n) is 4.52. The van der Waals surface area contributed by atoms with Crippen molar-refractivity contribution in [3.05, 3.63) is 40.1 Å². The van der Waals surface area contributed by atoms with Crippen LogP contribution < -0.4 is 10.1 Å². The summed E-state index contributed by atoms with van der Waals surface area (Å²) in [7, 11) is -2.22. The lowest BCUT2D eigenvalue weighted by Gasteiger charge is -2.34. The second-order valence-corrected chi connectivity index (χ2v) is 9.02. The molecule has 0 aliphatic carbocycles. The molecule has 26 heavy (non-hydrogen) atoms. The molecular weight excluding hydrogens is 372 g/mol. The van der Waals surface area contributed by atoms with Gasteiger partial charge in [0, 0.05) is 18.3 Å². The van der Waals surface area contributed by atoms with Crippen molar-refractivity contribution in [3.8, 4) is 5.75 Å². The molecule has 0 fully saturated rings. The highest BCUT2D eigenvalue weighted by atomic mass is 32.2. The molecule has 1 aliphatic rings. The number of nitrogens with one attached hydrogen (secondary N) is 1. The van der Waals surface area contributed by atoms with E-state index in [1.54, 1.807) is 21.7 Å². The van der Waals surface area contributed by atoms with Gasteiger partial charge < -0.3 is 10.1 Å². The van der Waals surface area contributed by atoms with Gasteiger partial charge in [0.1, 0.15) is 5.75 Å². The third kappa shape index (κ3) is 3.36. The van der Waals surface area contributed by atoms with E-state index in [0.717, 1.165) is 12.0 Å². The summed E-state index contributed by atoms with van der Waals surface area (Å²) in [6.45, 7) is 3.82. The average molecular weight is 395 g/mol. The summed E-state index contributed by atoms with van der Waals surface area (Å²) < 4.78 is 33.4. The Hall–Kier alpha value is -1.90. The summed E-state index contributed by atoms with van der Waals surface area (Å²) in [5, 5.41) is 4.65. The van der Waals surface area contributed by atoms with Crippen molar-refractivity contribution >= 4 is 33.0 Å². The highest BCUT2D eigenvalue weighted by Crippen LogP contribution is 2.39. The quantitative estimate of drug-likeness (QED) is 0.843. The van der Waals surface area contributed by atoms with Crippen molar-refractivity contribution in [2.75, 3.05) is 19.0 Å². The Morgan fingerprint density at radius 2 is 2.15 bits per heavy atom. The predicted octanol–water partition coefficient (Wildman–Crippen LogP) is 3.41. The Kier molecular flexibility index (Phi) is 5.36. The number of rotatable bonds is 5. The first-order valence-corrected chi connectivity index (χ1v) is 10.7. The number of carbonyl (C=O) groups is 1. The van der Waals surface area contributed by atoms with Crippen LogP contribution in [0.25, 0.3) is 0 Å². The van der Waals surface area contributed by atoms with Crippen molar-refractivity contribution in [1.82, 2.24) is 4.31 Å². The SMILES string of the molecule is CC[C@H]1c2ccsc2CCN1S(=O)(=O)c1ccc(OC)c(NC(C)=O)c1. The summed E-state index contributed by atoms with van der Waals surface area (Å²) >= 11 is 1.68. The van der Waals surface area contributed by atoms with E-state index in [1.807, 2.05) is 18.4 Å². The Labute approximate surface area is 157 Å². The van der Waals surface area contributed by atoms with Crippen LogP contribution in [0.15, 0.2) is 34.5 Å². The van der Waals surface area contributed by atoms with Crippen molar-refractivity contribution < 1.29 is 17.9 Å². The summed E-state index contributed by atoms with van der Waals surface area (Å²) in [4.78, 5) is 12.8. The van der Waals surface area contributed by atoms with Crippen LogP contribution in [-0.4, -0.2) is 32.3 Å². The first kappa shape index (κ1) is 18.9. The number of amides is 1. The van der Waals surface area contributed by atoms with Crippen LogP contribution in [0.4, 0.5) is 5.69 Å². The normalized spacial score (nSPS) is 17.6. The number of sulfonamides is 1. The zero-order valence-corrected chi connectivity index (χ0v) is 16.6. The van der Waals surface area contributed by atoms with E-state index in [2.05, 4.69) is 5.32 Å². The molecular formula is C18H22N2O4S2. The first-order valence-electron chi connectivity index (χ1n) is 8.42. The smallest absolute Gasteiger partial charge is 0.243 e. The van der Waals surface area contributed by atoms with Gasteiger partial charge in [0.15, 0.2) is 0 Å². The van der Waals surface area contributed by atoms with Crippen molar-refractivity contribution in [1.29, 1.82) is 0 Å². The standard InChI is InChI=1S/C18H22N2O4S2/c1-4-16-14-8-10-25-18(14)7-9-20(16)26(22,23)13-5-6-17(24-3)15(11-13)19-12(2)21/h5-6,8,10-11,16H,4,7,9H2,1-3H3,(H,19,21)/t16-/m0/s1. The van der Waals surface area contributed by atoms with E-state index in [1.165, 1.54) is 31.0 Å². The fourth-order valence-corrected chi connectivity index (χ4v) is 5.99. The van der Waals surface area contributed by atoms with Crippen LogP contribution in [0, 0.1) is 0 Å². The van der Waals surface area contributed by atoms with Crippen molar-refractivity contribution in [3.63, 3.8) is 0 Å². The van der Waals surface area contributed by atoms with Gasteiger partial charge in [-0.1, -0.05) is 6.92 Å². The molecule has 8 heteroatoms. The molecule has 0 saturated heterocycles. The lowest BCUT2D eigenvalue weighted by Crippen LogP contribution is -2.39. The third-order valence-corrected chi connectivity index (χ3v) is 7.42. The monoisotopic (exact) mass is 394 g/mol. The van der Waals surface area contributed by atoms with E-state index < -0.39 is 10.0 Å². The molecule has 2 heterocycles. The second kappa shape index (κ2) is 7.38. The summed E-state index contributed by atoms with van der Waals surface area (Å²) in [6.07, 6.45) is 1.43. The highest BCUT2D eigenvalue weighted by molar-refractivity contribution is 7.89. The van der Waals surface area contributed by atoms with E-state index in [9.17, 15) is 13.2 Å². The van der Waals surface area contributed by atoms with Gasteiger partial charge in [-0.15, -0.1) is 11.3 Å². The molecule has 0 bridgehead atoms. The molecule has 0 spiro atoms. The number of carbonyl (C=O) groups excluding carboxylic acids is 1. The number of thiophene rings is 1. The van der Waals surface area contributed by atoms with E-state index >= 15 is 0 Å². The second-order valence-electron chi connectivity index (χ2n) is 6.13. The topological polar surface area (TPSA) is 75.7 Å². The minimum Gasteiger partial charge on any atom is -0.495 e. The van der Waals surface area contributed by atoms with Gasteiger partial charge in [-0.05, 0) is 48.1 Å². The van der Waals surface area contributed by atoms with Gasteiger partial charge in [0.2, 0.25) is 15.9 Å². The van der Waals surface area contributed by atoms with Crippen molar-refractivity contribution in [2.24, 2.45) is 0 Å². The number of benzene rings is 1. The number of ether oxygens (including phenoxy) is 1. The maximum absolute atomic E-state index is 13.3. The lowest BCUT2D eigenvalue weighted by atomic mass is 10.0. The van der Waals surface area contributed by atoms with Crippen LogP contribution in [0.3, 0.4) is 0 Å². The Balaban J connectivity index is 2.01. The molecule has 1 amide bonds. The molecule has 1 atom stereocenters. The fraction of sp³-hybridized carbons (Fsp3) is 0.389. The molecule has 2 aromatic rings. The summed E-state index contributed by atoms with van der Waals surface area (Å²) in [6, 6.07) is 6.41. The van der Waals surface area contributed by atoms with Gasteiger partial charge in [-0.2, -0.15) is 4.31 Å².